The average molecular weight is 445 g/mol. The summed E-state index contributed by atoms with van der Waals surface area (Å²) in [5.74, 6) is 0.731. The van der Waals surface area contributed by atoms with Gasteiger partial charge < -0.3 is 9.84 Å². The van der Waals surface area contributed by atoms with Crippen molar-refractivity contribution >= 4 is 0 Å². The second-order valence-electron chi connectivity index (χ2n) is 8.05. The molecule has 0 spiro atoms. The SMILES string of the molecule is CCOc1cccc(CN2CCC[C@H](c3[nH]ncc3-c3cccc(C(F)(F)F)c3)C2)c1O. The third-order valence-corrected chi connectivity index (χ3v) is 5.86. The van der Waals surface area contributed by atoms with Crippen molar-refractivity contribution in [3.05, 3.63) is 65.5 Å². The Balaban J connectivity index is 1.54. The first-order valence-corrected chi connectivity index (χ1v) is 10.7. The first-order valence-electron chi connectivity index (χ1n) is 10.7. The van der Waals surface area contributed by atoms with E-state index < -0.39 is 11.7 Å². The molecule has 0 unspecified atom stereocenters. The van der Waals surface area contributed by atoms with Gasteiger partial charge >= 0.3 is 6.18 Å². The van der Waals surface area contributed by atoms with Crippen molar-refractivity contribution < 1.29 is 23.0 Å². The van der Waals surface area contributed by atoms with E-state index in [1.807, 2.05) is 19.1 Å². The Labute approximate surface area is 184 Å². The molecule has 0 radical (unpaired) electrons. The molecule has 2 aromatic carbocycles. The van der Waals surface area contributed by atoms with Gasteiger partial charge in [0.25, 0.3) is 0 Å². The number of aromatic amines is 1. The highest BCUT2D eigenvalue weighted by molar-refractivity contribution is 5.66. The summed E-state index contributed by atoms with van der Waals surface area (Å²) in [4.78, 5) is 2.25. The molecule has 0 saturated carbocycles. The third-order valence-electron chi connectivity index (χ3n) is 5.86. The lowest BCUT2D eigenvalue weighted by atomic mass is 9.90. The Morgan fingerprint density at radius 1 is 1.22 bits per heavy atom. The zero-order valence-corrected chi connectivity index (χ0v) is 17.8. The minimum Gasteiger partial charge on any atom is -0.504 e. The number of aromatic nitrogens is 2. The van der Waals surface area contributed by atoms with E-state index >= 15 is 0 Å². The summed E-state index contributed by atoms with van der Waals surface area (Å²) < 4.78 is 45.0. The molecule has 1 aromatic heterocycles. The summed E-state index contributed by atoms with van der Waals surface area (Å²) in [6.45, 7) is 4.50. The lowest BCUT2D eigenvalue weighted by Crippen LogP contribution is -2.34. The monoisotopic (exact) mass is 445 g/mol. The molecule has 1 aliphatic heterocycles. The van der Waals surface area contributed by atoms with Crippen LogP contribution in [0.2, 0.25) is 0 Å². The maximum Gasteiger partial charge on any atom is 0.416 e. The van der Waals surface area contributed by atoms with Crippen LogP contribution in [0.4, 0.5) is 13.2 Å². The molecule has 5 nitrogen and oxygen atoms in total. The zero-order chi connectivity index (χ0) is 22.7. The normalized spacial score (nSPS) is 17.4. The highest BCUT2D eigenvalue weighted by Gasteiger charge is 2.31. The average Bonchev–Trinajstić information content (AvgIpc) is 3.26. The van der Waals surface area contributed by atoms with E-state index in [9.17, 15) is 18.3 Å². The molecule has 170 valence electrons. The van der Waals surface area contributed by atoms with Gasteiger partial charge in [-0.2, -0.15) is 18.3 Å². The highest BCUT2D eigenvalue weighted by atomic mass is 19.4. The minimum atomic E-state index is -4.39. The standard InChI is InChI=1S/C24H26F3N3O2/c1-2-32-21-10-4-7-18(23(21)31)15-30-11-5-8-17(14-30)22-20(13-28-29-22)16-6-3-9-19(12-16)24(25,26)27/h3-4,6-7,9-10,12-13,17,31H,2,5,8,11,14-15H2,1H3,(H,28,29)/t17-/m0/s1. The summed E-state index contributed by atoms with van der Waals surface area (Å²) in [7, 11) is 0. The highest BCUT2D eigenvalue weighted by Crippen LogP contribution is 2.37. The quantitative estimate of drug-likeness (QED) is 0.520. The third kappa shape index (κ3) is 4.75. The Kier molecular flexibility index (Phi) is 6.41. The molecule has 2 N–H and O–H groups in total. The van der Waals surface area contributed by atoms with E-state index in [-0.39, 0.29) is 11.7 Å². The van der Waals surface area contributed by atoms with Crippen molar-refractivity contribution in [2.45, 2.75) is 38.4 Å². The van der Waals surface area contributed by atoms with Crippen molar-refractivity contribution in [3.63, 3.8) is 0 Å². The molecular weight excluding hydrogens is 419 g/mol. The number of alkyl halides is 3. The lowest BCUT2D eigenvalue weighted by Gasteiger charge is -2.33. The number of para-hydroxylation sites is 1. The van der Waals surface area contributed by atoms with E-state index in [0.717, 1.165) is 36.7 Å². The van der Waals surface area contributed by atoms with E-state index in [2.05, 4.69) is 15.1 Å². The molecule has 0 aliphatic carbocycles. The molecule has 0 bridgehead atoms. The van der Waals surface area contributed by atoms with Crippen molar-refractivity contribution in [1.82, 2.24) is 15.1 Å². The number of hydrogen-bond acceptors (Lipinski definition) is 4. The molecule has 1 aliphatic rings. The second-order valence-corrected chi connectivity index (χ2v) is 8.05. The van der Waals surface area contributed by atoms with Crippen LogP contribution in [0.15, 0.2) is 48.7 Å². The Morgan fingerprint density at radius 2 is 2.03 bits per heavy atom. The van der Waals surface area contributed by atoms with Crippen molar-refractivity contribution in [2.24, 2.45) is 0 Å². The van der Waals surface area contributed by atoms with Crippen molar-refractivity contribution in [2.75, 3.05) is 19.7 Å². The number of piperidine rings is 1. The van der Waals surface area contributed by atoms with Gasteiger partial charge in [-0.05, 0) is 50.1 Å². The number of halogens is 3. The van der Waals surface area contributed by atoms with Gasteiger partial charge in [0.15, 0.2) is 11.5 Å². The van der Waals surface area contributed by atoms with Crippen LogP contribution < -0.4 is 4.74 Å². The maximum absolute atomic E-state index is 13.2. The molecule has 3 aromatic rings. The fourth-order valence-corrected chi connectivity index (χ4v) is 4.34. The molecule has 1 saturated heterocycles. The summed E-state index contributed by atoms with van der Waals surface area (Å²) in [6.07, 6.45) is -0.937. The number of hydrogen-bond donors (Lipinski definition) is 2. The summed E-state index contributed by atoms with van der Waals surface area (Å²) >= 11 is 0. The summed E-state index contributed by atoms with van der Waals surface area (Å²) in [5, 5.41) is 17.7. The van der Waals surface area contributed by atoms with Gasteiger partial charge in [-0.25, -0.2) is 0 Å². The lowest BCUT2D eigenvalue weighted by molar-refractivity contribution is -0.137. The number of phenolic OH excluding ortho intramolecular Hbond substituents is 1. The molecular formula is C24H26F3N3O2. The van der Waals surface area contributed by atoms with Crippen molar-refractivity contribution in [1.29, 1.82) is 0 Å². The fraction of sp³-hybridized carbons (Fsp3) is 0.375. The minimum absolute atomic E-state index is 0.105. The van der Waals surface area contributed by atoms with Crippen LogP contribution in [0, 0.1) is 0 Å². The molecule has 32 heavy (non-hydrogen) atoms. The maximum atomic E-state index is 13.2. The predicted octanol–water partition coefficient (Wildman–Crippen LogP) is 5.58. The summed E-state index contributed by atoms with van der Waals surface area (Å²) in [6, 6.07) is 10.8. The van der Waals surface area contributed by atoms with Crippen LogP contribution in [-0.4, -0.2) is 39.9 Å². The van der Waals surface area contributed by atoms with E-state index in [4.69, 9.17) is 4.74 Å². The number of ether oxygens (including phenoxy) is 1. The van der Waals surface area contributed by atoms with Crippen LogP contribution in [0.5, 0.6) is 11.5 Å². The number of likely N-dealkylation sites (tertiary alicyclic amines) is 1. The van der Waals surface area contributed by atoms with Crippen LogP contribution in [0.3, 0.4) is 0 Å². The van der Waals surface area contributed by atoms with E-state index in [1.165, 1.54) is 12.1 Å². The van der Waals surface area contributed by atoms with Gasteiger partial charge in [0.2, 0.25) is 0 Å². The van der Waals surface area contributed by atoms with Crippen LogP contribution in [0.25, 0.3) is 11.1 Å². The topological polar surface area (TPSA) is 61.4 Å². The fourth-order valence-electron chi connectivity index (χ4n) is 4.34. The largest absolute Gasteiger partial charge is 0.504 e. The van der Waals surface area contributed by atoms with E-state index in [0.29, 0.717) is 36.6 Å². The number of H-pyrrole nitrogens is 1. The van der Waals surface area contributed by atoms with Gasteiger partial charge in [0, 0.05) is 35.8 Å². The second kappa shape index (κ2) is 9.24. The molecule has 2 heterocycles. The van der Waals surface area contributed by atoms with Gasteiger partial charge in [0.05, 0.1) is 18.4 Å². The van der Waals surface area contributed by atoms with Crippen molar-refractivity contribution in [3.8, 4) is 22.6 Å². The van der Waals surface area contributed by atoms with Crippen LogP contribution in [-0.2, 0) is 12.7 Å². The summed E-state index contributed by atoms with van der Waals surface area (Å²) in [5.41, 5.74) is 2.17. The smallest absolute Gasteiger partial charge is 0.416 e. The van der Waals surface area contributed by atoms with E-state index in [1.54, 1.807) is 18.3 Å². The number of rotatable bonds is 6. The van der Waals surface area contributed by atoms with Gasteiger partial charge in [0.1, 0.15) is 0 Å². The number of nitrogens with one attached hydrogen (secondary N) is 1. The molecule has 1 fully saturated rings. The molecule has 0 amide bonds. The first-order chi connectivity index (χ1) is 15.4. The first kappa shape index (κ1) is 22.2. The van der Waals surface area contributed by atoms with Gasteiger partial charge in [-0.15, -0.1) is 0 Å². The number of benzene rings is 2. The van der Waals surface area contributed by atoms with Crippen LogP contribution >= 0.6 is 0 Å². The number of aromatic hydroxyl groups is 1. The predicted molar refractivity (Wildman–Crippen MR) is 116 cm³/mol. The molecule has 8 heteroatoms. The Morgan fingerprint density at radius 3 is 2.81 bits per heavy atom. The van der Waals surface area contributed by atoms with Gasteiger partial charge in [-0.1, -0.05) is 24.3 Å². The zero-order valence-electron chi connectivity index (χ0n) is 17.8. The molecule has 1 atom stereocenters. The Hall–Kier alpha value is -3.00. The number of phenols is 1. The number of nitrogens with zero attached hydrogens (tertiary/aromatic N) is 2. The van der Waals surface area contributed by atoms with Crippen LogP contribution in [0.1, 0.15) is 42.5 Å². The molecule has 4 rings (SSSR count). The van der Waals surface area contributed by atoms with Gasteiger partial charge in [-0.3, -0.25) is 10.00 Å². The Bertz CT molecular complexity index is 1060.